The average Bonchev–Trinajstić information content (AvgIpc) is 3.44. The van der Waals surface area contributed by atoms with Crippen LogP contribution in [0.25, 0.3) is 11.0 Å². The Labute approximate surface area is 197 Å². The maximum Gasteiger partial charge on any atom is 0.229 e. The second kappa shape index (κ2) is 9.55. The number of piperazine rings is 1. The van der Waals surface area contributed by atoms with E-state index >= 15 is 0 Å². The van der Waals surface area contributed by atoms with E-state index in [4.69, 9.17) is 10.2 Å². The molecule has 34 heavy (non-hydrogen) atoms. The lowest BCUT2D eigenvalue weighted by Crippen LogP contribution is -2.43. The van der Waals surface area contributed by atoms with Gasteiger partial charge in [-0.3, -0.25) is 9.69 Å². The zero-order valence-electron chi connectivity index (χ0n) is 19.3. The molecule has 0 bridgehead atoms. The summed E-state index contributed by atoms with van der Waals surface area (Å²) in [5, 5.41) is 7.17. The predicted octanol–water partition coefficient (Wildman–Crippen LogP) is 2.92. The molecular formula is C24H30FN7O2. The fraction of sp³-hybridized carbons (Fsp3) is 0.458. The van der Waals surface area contributed by atoms with Crippen molar-refractivity contribution in [2.45, 2.75) is 31.8 Å². The Bertz CT molecular complexity index is 1180. The van der Waals surface area contributed by atoms with Crippen molar-refractivity contribution in [3.8, 4) is 0 Å². The molecule has 0 spiro atoms. The number of fused-ring (bicyclic) bond motifs is 1. The van der Waals surface area contributed by atoms with Gasteiger partial charge in [-0.05, 0) is 44.2 Å². The Kier molecular flexibility index (Phi) is 6.34. The number of nitrogens with one attached hydrogen (secondary N) is 2. The quantitative estimate of drug-likeness (QED) is 0.486. The number of amides is 1. The monoisotopic (exact) mass is 467 g/mol. The van der Waals surface area contributed by atoms with Crippen molar-refractivity contribution in [3.05, 3.63) is 42.0 Å². The van der Waals surface area contributed by atoms with Gasteiger partial charge in [0.15, 0.2) is 11.6 Å². The summed E-state index contributed by atoms with van der Waals surface area (Å²) in [5.74, 6) is -0.00800. The summed E-state index contributed by atoms with van der Waals surface area (Å²) in [6, 6.07) is 7.58. The third-order valence-electron chi connectivity index (χ3n) is 6.75. The minimum absolute atomic E-state index is 0.0644. The van der Waals surface area contributed by atoms with Crippen molar-refractivity contribution in [2.75, 3.05) is 43.9 Å². The van der Waals surface area contributed by atoms with Crippen molar-refractivity contribution in [3.63, 3.8) is 0 Å². The van der Waals surface area contributed by atoms with Crippen LogP contribution in [0.5, 0.6) is 0 Å². The van der Waals surface area contributed by atoms with E-state index in [1.165, 1.54) is 0 Å². The van der Waals surface area contributed by atoms with Gasteiger partial charge < -0.3 is 25.7 Å². The van der Waals surface area contributed by atoms with Gasteiger partial charge in [-0.15, -0.1) is 0 Å². The molecule has 4 N–H and O–H groups in total. The van der Waals surface area contributed by atoms with E-state index in [0.717, 1.165) is 74.2 Å². The summed E-state index contributed by atoms with van der Waals surface area (Å²) in [4.78, 5) is 24.8. The zero-order chi connectivity index (χ0) is 23.7. The van der Waals surface area contributed by atoms with E-state index in [1.54, 1.807) is 0 Å². The molecule has 1 amide bonds. The standard InChI is InChI=1S/C24H30FN7O2/c1-31-7-9-32(10-8-31)14-17-12-15-11-16(5-6-21(15)34-17)28-24-27-13-19(25)23(30-24)29-20-4-2-3-18(20)22(26)33/h5-6,11-13,18,20H,2-4,7-10,14H2,1H3,(H2,26,33)(H2,27,28,29,30). The van der Waals surface area contributed by atoms with Crippen LogP contribution in [-0.4, -0.2) is 64.9 Å². The van der Waals surface area contributed by atoms with Gasteiger partial charge >= 0.3 is 0 Å². The molecule has 5 rings (SSSR count). The summed E-state index contributed by atoms with van der Waals surface area (Å²) in [7, 11) is 2.14. The third-order valence-corrected chi connectivity index (χ3v) is 6.75. The van der Waals surface area contributed by atoms with Gasteiger partial charge in [0.05, 0.1) is 18.7 Å². The first-order chi connectivity index (χ1) is 16.4. The number of halogens is 1. The second-order valence-electron chi connectivity index (χ2n) is 9.25. The molecule has 1 aliphatic heterocycles. The molecular weight excluding hydrogens is 437 g/mol. The maximum atomic E-state index is 14.4. The lowest BCUT2D eigenvalue weighted by atomic mass is 10.0. The molecule has 2 fully saturated rings. The Morgan fingerprint density at radius 3 is 2.85 bits per heavy atom. The van der Waals surface area contributed by atoms with Gasteiger partial charge in [0.1, 0.15) is 11.3 Å². The maximum absolute atomic E-state index is 14.4. The van der Waals surface area contributed by atoms with Crippen LogP contribution in [0, 0.1) is 11.7 Å². The van der Waals surface area contributed by atoms with E-state index in [1.807, 2.05) is 18.2 Å². The largest absolute Gasteiger partial charge is 0.460 e. The molecule has 3 heterocycles. The summed E-state index contributed by atoms with van der Waals surface area (Å²) in [6.45, 7) is 4.97. The number of rotatable bonds is 7. The lowest BCUT2D eigenvalue weighted by molar-refractivity contribution is -0.121. The van der Waals surface area contributed by atoms with Crippen LogP contribution in [0.2, 0.25) is 0 Å². The highest BCUT2D eigenvalue weighted by atomic mass is 19.1. The van der Waals surface area contributed by atoms with E-state index in [9.17, 15) is 9.18 Å². The number of benzene rings is 1. The van der Waals surface area contributed by atoms with E-state index in [0.29, 0.717) is 6.42 Å². The van der Waals surface area contributed by atoms with Gasteiger partial charge in [-0.25, -0.2) is 9.37 Å². The van der Waals surface area contributed by atoms with Gasteiger partial charge in [0, 0.05) is 43.3 Å². The first-order valence-electron chi connectivity index (χ1n) is 11.7. The Morgan fingerprint density at radius 2 is 2.06 bits per heavy atom. The van der Waals surface area contributed by atoms with Crippen LogP contribution in [0.4, 0.5) is 21.8 Å². The van der Waals surface area contributed by atoms with Crippen LogP contribution in [0.15, 0.2) is 34.9 Å². The van der Waals surface area contributed by atoms with Crippen molar-refractivity contribution in [2.24, 2.45) is 11.7 Å². The molecule has 3 aromatic rings. The van der Waals surface area contributed by atoms with Crippen molar-refractivity contribution >= 4 is 34.3 Å². The summed E-state index contributed by atoms with van der Waals surface area (Å²) >= 11 is 0. The van der Waals surface area contributed by atoms with Crippen molar-refractivity contribution in [1.82, 2.24) is 19.8 Å². The number of likely N-dealkylation sites (N-methyl/N-ethyl adjacent to an activating group) is 1. The number of nitrogens with two attached hydrogens (primary N) is 1. The number of carbonyl (C=O) groups excluding carboxylic acids is 1. The van der Waals surface area contributed by atoms with Gasteiger partial charge in [-0.2, -0.15) is 4.98 Å². The molecule has 2 aliphatic rings. The van der Waals surface area contributed by atoms with Crippen molar-refractivity contribution in [1.29, 1.82) is 0 Å². The molecule has 2 atom stereocenters. The molecule has 1 saturated carbocycles. The van der Waals surface area contributed by atoms with Crippen LogP contribution in [0.1, 0.15) is 25.0 Å². The van der Waals surface area contributed by atoms with Gasteiger partial charge in [-0.1, -0.05) is 6.42 Å². The van der Waals surface area contributed by atoms with Crippen LogP contribution in [0.3, 0.4) is 0 Å². The first-order valence-corrected chi connectivity index (χ1v) is 11.7. The van der Waals surface area contributed by atoms with Crippen LogP contribution in [-0.2, 0) is 11.3 Å². The molecule has 1 saturated heterocycles. The number of aromatic nitrogens is 2. The second-order valence-corrected chi connectivity index (χ2v) is 9.25. The van der Waals surface area contributed by atoms with E-state index in [-0.39, 0.29) is 29.6 Å². The third kappa shape index (κ3) is 4.97. The number of anilines is 3. The Morgan fingerprint density at radius 1 is 1.24 bits per heavy atom. The topological polar surface area (TPSA) is 113 Å². The lowest BCUT2D eigenvalue weighted by Gasteiger charge is -2.31. The minimum Gasteiger partial charge on any atom is -0.460 e. The highest BCUT2D eigenvalue weighted by Crippen LogP contribution is 2.29. The summed E-state index contributed by atoms with van der Waals surface area (Å²) in [6.07, 6.45) is 3.43. The molecule has 180 valence electrons. The van der Waals surface area contributed by atoms with Crippen molar-refractivity contribution < 1.29 is 13.6 Å². The summed E-state index contributed by atoms with van der Waals surface area (Å²) in [5.41, 5.74) is 7.07. The van der Waals surface area contributed by atoms with E-state index < -0.39 is 5.82 Å². The SMILES string of the molecule is CN1CCN(Cc2cc3cc(Nc4ncc(F)c(NC5CCCC5C(N)=O)n4)ccc3o2)CC1. The number of hydrogen-bond donors (Lipinski definition) is 3. The number of nitrogens with zero attached hydrogens (tertiary/aromatic N) is 4. The number of hydrogen-bond acceptors (Lipinski definition) is 8. The zero-order valence-corrected chi connectivity index (χ0v) is 19.3. The van der Waals surface area contributed by atoms with Crippen LogP contribution < -0.4 is 16.4 Å². The smallest absolute Gasteiger partial charge is 0.229 e. The fourth-order valence-electron chi connectivity index (χ4n) is 4.79. The molecule has 0 radical (unpaired) electrons. The van der Waals surface area contributed by atoms with Gasteiger partial charge in [0.2, 0.25) is 11.9 Å². The van der Waals surface area contributed by atoms with E-state index in [2.05, 4.69) is 43.5 Å². The molecule has 2 unspecified atom stereocenters. The molecule has 9 nitrogen and oxygen atoms in total. The molecule has 2 aromatic heterocycles. The van der Waals surface area contributed by atoms with Crippen LogP contribution >= 0.6 is 0 Å². The first kappa shape index (κ1) is 22.5. The minimum atomic E-state index is -0.570. The highest BCUT2D eigenvalue weighted by Gasteiger charge is 2.32. The fourth-order valence-corrected chi connectivity index (χ4v) is 4.79. The summed E-state index contributed by atoms with van der Waals surface area (Å²) < 4.78 is 20.4. The number of furan rings is 1. The molecule has 1 aromatic carbocycles. The Hall–Kier alpha value is -3.24. The Balaban J connectivity index is 1.28. The number of carbonyl (C=O) groups is 1. The normalized spacial score (nSPS) is 21.7. The van der Waals surface area contributed by atoms with Gasteiger partial charge in [0.25, 0.3) is 0 Å². The molecule has 10 heteroatoms. The number of primary amides is 1. The predicted molar refractivity (Wildman–Crippen MR) is 128 cm³/mol. The average molecular weight is 468 g/mol. The molecule has 1 aliphatic carbocycles. The highest BCUT2D eigenvalue weighted by molar-refractivity contribution is 5.82.